The molecule has 1 unspecified atom stereocenters. The number of likely N-dealkylation sites (N-methyl/N-ethyl adjacent to an activating group) is 1. The molecule has 2 N–H and O–H groups in total. The molecule has 4 heteroatoms. The Balaban J connectivity index is 2.24. The van der Waals surface area contributed by atoms with Crippen molar-refractivity contribution in [3.05, 3.63) is 29.8 Å². The molecule has 0 aliphatic carbocycles. The molecule has 0 fully saturated rings. The number of rotatable bonds is 5. The predicted molar refractivity (Wildman–Crippen MR) is 73.4 cm³/mol. The van der Waals surface area contributed by atoms with E-state index >= 15 is 0 Å². The summed E-state index contributed by atoms with van der Waals surface area (Å²) in [6.07, 6.45) is 0. The number of nitrogens with one attached hydrogen (secondary N) is 2. The number of para-hydroxylation sites is 1. The normalized spacial score (nSPS) is 18.2. The summed E-state index contributed by atoms with van der Waals surface area (Å²) in [5.41, 5.74) is 5.52. The van der Waals surface area contributed by atoms with Crippen molar-refractivity contribution in [2.24, 2.45) is 5.92 Å². The maximum absolute atomic E-state index is 12.2. The van der Waals surface area contributed by atoms with Gasteiger partial charge in [-0.25, -0.2) is 5.43 Å². The highest BCUT2D eigenvalue weighted by molar-refractivity contribution is 5.90. The van der Waals surface area contributed by atoms with Crippen molar-refractivity contribution in [1.82, 2.24) is 10.7 Å². The third kappa shape index (κ3) is 2.40. The summed E-state index contributed by atoms with van der Waals surface area (Å²) in [5, 5.41) is 5.19. The van der Waals surface area contributed by atoms with Crippen LogP contribution in [0.3, 0.4) is 0 Å². The van der Waals surface area contributed by atoms with E-state index < -0.39 is 0 Å². The Hall–Kier alpha value is -1.39. The van der Waals surface area contributed by atoms with E-state index in [9.17, 15) is 4.79 Å². The fourth-order valence-corrected chi connectivity index (χ4v) is 2.23. The summed E-state index contributed by atoms with van der Waals surface area (Å²) in [4.78, 5) is 12.2. The van der Waals surface area contributed by atoms with Gasteiger partial charge < -0.3 is 10.3 Å². The van der Waals surface area contributed by atoms with E-state index in [-0.39, 0.29) is 17.7 Å². The molecule has 98 valence electrons. The summed E-state index contributed by atoms with van der Waals surface area (Å²) >= 11 is 0. The number of carbonyl (C=O) groups excluding carboxylic acids is 1. The number of nitrogens with zero attached hydrogens (tertiary/aromatic N) is 1. The SMILES string of the molecule is CNCCN1NC(C(=O)C(C)C)c2ccccc21. The number of hydrogen-bond donors (Lipinski definition) is 2. The number of fused-ring (bicyclic) bond motifs is 1. The van der Waals surface area contributed by atoms with Crippen molar-refractivity contribution in [2.75, 3.05) is 25.1 Å². The van der Waals surface area contributed by atoms with Crippen LogP contribution >= 0.6 is 0 Å². The lowest BCUT2D eigenvalue weighted by Gasteiger charge is -2.20. The summed E-state index contributed by atoms with van der Waals surface area (Å²) in [7, 11) is 1.93. The van der Waals surface area contributed by atoms with Crippen molar-refractivity contribution in [2.45, 2.75) is 19.9 Å². The highest BCUT2D eigenvalue weighted by Gasteiger charge is 2.33. The molecule has 0 saturated carbocycles. The Morgan fingerprint density at radius 3 is 2.83 bits per heavy atom. The minimum Gasteiger partial charge on any atom is -0.318 e. The van der Waals surface area contributed by atoms with Gasteiger partial charge in [0.25, 0.3) is 0 Å². The molecule has 0 bridgehead atoms. The number of hydrogen-bond acceptors (Lipinski definition) is 4. The van der Waals surface area contributed by atoms with Crippen LogP contribution in [0.5, 0.6) is 0 Å². The highest BCUT2D eigenvalue weighted by atomic mass is 16.1. The van der Waals surface area contributed by atoms with Crippen LogP contribution in [0.15, 0.2) is 24.3 Å². The van der Waals surface area contributed by atoms with Crippen molar-refractivity contribution in [1.29, 1.82) is 0 Å². The second kappa shape index (κ2) is 5.50. The molecule has 0 amide bonds. The molecule has 1 aliphatic rings. The predicted octanol–water partition coefficient (Wildman–Crippen LogP) is 1.50. The van der Waals surface area contributed by atoms with Crippen molar-refractivity contribution >= 4 is 11.5 Å². The Morgan fingerprint density at radius 1 is 1.44 bits per heavy atom. The maximum Gasteiger partial charge on any atom is 0.158 e. The number of hydrazine groups is 1. The summed E-state index contributed by atoms with van der Waals surface area (Å²) < 4.78 is 0. The van der Waals surface area contributed by atoms with Gasteiger partial charge in [-0.2, -0.15) is 0 Å². The lowest BCUT2D eigenvalue weighted by atomic mass is 9.96. The van der Waals surface area contributed by atoms with Crippen LogP contribution in [0.25, 0.3) is 0 Å². The van der Waals surface area contributed by atoms with Crippen molar-refractivity contribution < 1.29 is 4.79 Å². The van der Waals surface area contributed by atoms with Gasteiger partial charge in [0.1, 0.15) is 6.04 Å². The van der Waals surface area contributed by atoms with Gasteiger partial charge in [-0.3, -0.25) is 4.79 Å². The van der Waals surface area contributed by atoms with Gasteiger partial charge in [-0.1, -0.05) is 32.0 Å². The van der Waals surface area contributed by atoms with Gasteiger partial charge in [-0.15, -0.1) is 0 Å². The number of Topliss-reactive ketones (excluding diaryl/α,β-unsaturated/α-hetero) is 1. The Kier molecular flexibility index (Phi) is 3.99. The number of benzene rings is 1. The van der Waals surface area contributed by atoms with Crippen molar-refractivity contribution in [3.8, 4) is 0 Å². The van der Waals surface area contributed by atoms with Gasteiger partial charge in [0.15, 0.2) is 5.78 Å². The minimum atomic E-state index is -0.196. The smallest absolute Gasteiger partial charge is 0.158 e. The molecule has 1 aromatic carbocycles. The second-order valence-corrected chi connectivity index (χ2v) is 4.93. The third-order valence-corrected chi connectivity index (χ3v) is 3.26. The standard InChI is InChI=1S/C14H21N3O/c1-10(2)14(18)13-11-6-4-5-7-12(11)17(16-13)9-8-15-3/h4-7,10,13,15-16H,8-9H2,1-3H3. The average Bonchev–Trinajstić information content (AvgIpc) is 2.74. The molecule has 0 aromatic heterocycles. The Morgan fingerprint density at radius 2 is 2.17 bits per heavy atom. The number of anilines is 1. The zero-order valence-electron chi connectivity index (χ0n) is 11.2. The Bertz CT molecular complexity index is 431. The minimum absolute atomic E-state index is 0.0415. The molecule has 2 rings (SSSR count). The fourth-order valence-electron chi connectivity index (χ4n) is 2.23. The van der Waals surface area contributed by atoms with Gasteiger partial charge in [0.2, 0.25) is 0 Å². The molecule has 0 spiro atoms. The molecular formula is C14H21N3O. The van der Waals surface area contributed by atoms with E-state index in [1.807, 2.05) is 39.1 Å². The van der Waals surface area contributed by atoms with E-state index in [1.165, 1.54) is 0 Å². The first-order valence-electron chi connectivity index (χ1n) is 6.46. The first-order valence-corrected chi connectivity index (χ1v) is 6.46. The monoisotopic (exact) mass is 247 g/mol. The first kappa shape index (κ1) is 13.1. The largest absolute Gasteiger partial charge is 0.318 e. The lowest BCUT2D eigenvalue weighted by Crippen LogP contribution is -2.41. The van der Waals surface area contributed by atoms with E-state index in [4.69, 9.17) is 0 Å². The van der Waals surface area contributed by atoms with Crippen molar-refractivity contribution in [3.63, 3.8) is 0 Å². The van der Waals surface area contributed by atoms with E-state index in [0.717, 1.165) is 24.3 Å². The fraction of sp³-hybridized carbons (Fsp3) is 0.500. The number of carbonyl (C=O) groups is 1. The topological polar surface area (TPSA) is 44.4 Å². The van der Waals surface area contributed by atoms with Crippen LogP contribution in [0.4, 0.5) is 5.69 Å². The molecule has 0 radical (unpaired) electrons. The molecule has 0 saturated heterocycles. The van der Waals surface area contributed by atoms with E-state index in [1.54, 1.807) is 0 Å². The van der Waals surface area contributed by atoms with Gasteiger partial charge in [0, 0.05) is 24.6 Å². The van der Waals surface area contributed by atoms with Crippen LogP contribution < -0.4 is 15.8 Å². The molecule has 1 heterocycles. The van der Waals surface area contributed by atoms with Gasteiger partial charge in [-0.05, 0) is 13.1 Å². The van der Waals surface area contributed by atoms with Crippen LogP contribution in [0, 0.1) is 5.92 Å². The lowest BCUT2D eigenvalue weighted by molar-refractivity contribution is -0.123. The highest BCUT2D eigenvalue weighted by Crippen LogP contribution is 2.33. The van der Waals surface area contributed by atoms with Gasteiger partial charge in [0.05, 0.1) is 5.69 Å². The third-order valence-electron chi connectivity index (χ3n) is 3.26. The van der Waals surface area contributed by atoms with E-state index in [2.05, 4.69) is 21.8 Å². The summed E-state index contributed by atoms with van der Waals surface area (Å²) in [6, 6.07) is 7.90. The quantitative estimate of drug-likeness (QED) is 0.827. The Labute approximate surface area is 108 Å². The molecule has 1 atom stereocenters. The molecular weight excluding hydrogens is 226 g/mol. The average molecular weight is 247 g/mol. The van der Waals surface area contributed by atoms with Crippen LogP contribution in [0.1, 0.15) is 25.5 Å². The molecule has 4 nitrogen and oxygen atoms in total. The zero-order chi connectivity index (χ0) is 13.1. The molecule has 1 aliphatic heterocycles. The van der Waals surface area contributed by atoms with E-state index in [0.29, 0.717) is 0 Å². The molecule has 18 heavy (non-hydrogen) atoms. The summed E-state index contributed by atoms with van der Waals surface area (Å²) in [5.74, 6) is 0.286. The van der Waals surface area contributed by atoms with Crippen LogP contribution in [-0.2, 0) is 4.79 Å². The molecule has 1 aromatic rings. The zero-order valence-corrected chi connectivity index (χ0v) is 11.2. The summed E-state index contributed by atoms with van der Waals surface area (Å²) in [6.45, 7) is 5.62. The second-order valence-electron chi connectivity index (χ2n) is 4.93. The number of ketones is 1. The van der Waals surface area contributed by atoms with Crippen LogP contribution in [-0.4, -0.2) is 25.9 Å². The van der Waals surface area contributed by atoms with Crippen LogP contribution in [0.2, 0.25) is 0 Å². The first-order chi connectivity index (χ1) is 8.65. The van der Waals surface area contributed by atoms with Gasteiger partial charge >= 0.3 is 0 Å². The maximum atomic E-state index is 12.2.